The number of carbonyl (C=O) groups is 1. The number of carbonyl (C=O) groups excluding carboxylic acids is 1. The van der Waals surface area contributed by atoms with Crippen molar-refractivity contribution in [1.82, 2.24) is 19.7 Å². The molecule has 6 nitrogen and oxygen atoms in total. The molecular weight excluding hydrogens is 451 g/mol. The molecule has 1 unspecified atom stereocenters. The van der Waals surface area contributed by atoms with Gasteiger partial charge in [0.15, 0.2) is 22.5 Å². The highest BCUT2D eigenvalue weighted by molar-refractivity contribution is 7.99. The van der Waals surface area contributed by atoms with Gasteiger partial charge in [-0.3, -0.25) is 9.36 Å². The first-order chi connectivity index (χ1) is 16.6. The van der Waals surface area contributed by atoms with Crippen LogP contribution < -0.4 is 4.74 Å². The molecule has 0 aliphatic heterocycles. The summed E-state index contributed by atoms with van der Waals surface area (Å²) in [5, 5.41) is 9.09. The van der Waals surface area contributed by atoms with E-state index in [1.54, 1.807) is 24.3 Å². The number of ether oxygens (including phenoxy) is 1. The van der Waals surface area contributed by atoms with Crippen molar-refractivity contribution < 1.29 is 13.9 Å². The van der Waals surface area contributed by atoms with E-state index in [1.807, 2.05) is 27.7 Å². The van der Waals surface area contributed by atoms with Crippen molar-refractivity contribution in [1.29, 1.82) is 0 Å². The number of hydrogen-bond acceptors (Lipinski definition) is 5. The highest BCUT2D eigenvalue weighted by Crippen LogP contribution is 2.36. The minimum Gasteiger partial charge on any atom is -0.483 e. The van der Waals surface area contributed by atoms with Crippen molar-refractivity contribution >= 4 is 17.7 Å². The Kier molecular flexibility index (Phi) is 8.00. The molecule has 178 valence electrons. The van der Waals surface area contributed by atoms with Gasteiger partial charge in [-0.2, -0.15) is 0 Å². The lowest BCUT2D eigenvalue weighted by Crippen LogP contribution is -2.40. The van der Waals surface area contributed by atoms with E-state index in [0.29, 0.717) is 30.0 Å². The van der Waals surface area contributed by atoms with Gasteiger partial charge in [-0.15, -0.1) is 16.8 Å². The number of hydrogen-bond donors (Lipinski definition) is 0. The van der Waals surface area contributed by atoms with E-state index in [0.717, 1.165) is 5.56 Å². The van der Waals surface area contributed by atoms with Crippen LogP contribution in [-0.4, -0.2) is 37.4 Å². The van der Waals surface area contributed by atoms with Gasteiger partial charge >= 0.3 is 0 Å². The molecule has 0 radical (unpaired) electrons. The zero-order valence-corrected chi connectivity index (χ0v) is 20.1. The van der Waals surface area contributed by atoms with Crippen LogP contribution in [0.3, 0.4) is 0 Å². The first-order valence-corrected chi connectivity index (χ1v) is 12.4. The predicted octanol–water partition coefficient (Wildman–Crippen LogP) is 5.10. The molecule has 1 atom stereocenters. The summed E-state index contributed by atoms with van der Waals surface area (Å²) in [7, 11) is 0. The van der Waals surface area contributed by atoms with Gasteiger partial charge in [0.2, 0.25) is 5.91 Å². The highest BCUT2D eigenvalue weighted by Gasteiger charge is 2.34. The van der Waals surface area contributed by atoms with Crippen molar-refractivity contribution in [3.63, 3.8) is 0 Å². The van der Waals surface area contributed by atoms with Crippen LogP contribution in [0.5, 0.6) is 5.75 Å². The van der Waals surface area contributed by atoms with E-state index in [1.165, 1.54) is 30.7 Å². The van der Waals surface area contributed by atoms with Gasteiger partial charge in [-0.1, -0.05) is 60.3 Å². The molecule has 1 amide bonds. The zero-order chi connectivity index (χ0) is 23.9. The fourth-order valence-corrected chi connectivity index (χ4v) is 4.68. The van der Waals surface area contributed by atoms with Crippen molar-refractivity contribution in [2.75, 3.05) is 5.75 Å². The van der Waals surface area contributed by atoms with Crippen LogP contribution >= 0.6 is 11.8 Å². The smallest absolute Gasteiger partial charge is 0.233 e. The predicted molar refractivity (Wildman–Crippen MR) is 131 cm³/mol. The largest absolute Gasteiger partial charge is 0.483 e. The molecule has 34 heavy (non-hydrogen) atoms. The fourth-order valence-electron chi connectivity index (χ4n) is 3.83. The Hall–Kier alpha value is -3.13. The zero-order valence-electron chi connectivity index (χ0n) is 19.3. The van der Waals surface area contributed by atoms with Gasteiger partial charge in [-0.05, 0) is 43.4 Å². The summed E-state index contributed by atoms with van der Waals surface area (Å²) in [6, 6.07) is 16.5. The molecular formula is C26H29FN4O2S. The number of benzene rings is 2. The van der Waals surface area contributed by atoms with Gasteiger partial charge in [0.1, 0.15) is 6.61 Å². The van der Waals surface area contributed by atoms with E-state index in [2.05, 4.69) is 35.8 Å². The number of amides is 1. The van der Waals surface area contributed by atoms with Crippen LogP contribution in [0.2, 0.25) is 0 Å². The van der Waals surface area contributed by atoms with Gasteiger partial charge in [0.25, 0.3) is 0 Å². The molecule has 4 rings (SSSR count). The number of rotatable bonds is 12. The molecule has 0 spiro atoms. The summed E-state index contributed by atoms with van der Waals surface area (Å²) in [5.74, 6) is 1.18. The Morgan fingerprint density at radius 1 is 1.24 bits per heavy atom. The quantitative estimate of drug-likeness (QED) is 0.267. The minimum atomic E-state index is -0.430. The third-order valence-corrected chi connectivity index (χ3v) is 6.89. The topological polar surface area (TPSA) is 60.2 Å². The van der Waals surface area contributed by atoms with Crippen molar-refractivity contribution in [3.8, 4) is 5.75 Å². The van der Waals surface area contributed by atoms with Crippen LogP contribution in [0.1, 0.15) is 31.2 Å². The minimum absolute atomic E-state index is 0.0646. The SMILES string of the molecule is C=CCn1c(COc2ccccc2F)nnc1SCC(=O)N(Cc1ccccc1)C(C)C1CC1. The van der Waals surface area contributed by atoms with Crippen LogP contribution in [0.25, 0.3) is 0 Å². The van der Waals surface area contributed by atoms with Crippen LogP contribution in [0.4, 0.5) is 4.39 Å². The monoisotopic (exact) mass is 480 g/mol. The summed E-state index contributed by atoms with van der Waals surface area (Å²) >= 11 is 1.35. The molecule has 1 aliphatic rings. The number of halogens is 1. The standard InChI is InChI=1S/C26H29FN4O2S/c1-3-15-30-24(17-33-23-12-8-7-11-22(23)27)28-29-26(30)34-18-25(32)31(19(2)21-13-14-21)16-20-9-5-4-6-10-20/h3-12,19,21H,1,13-18H2,2H3. The maximum absolute atomic E-state index is 13.9. The molecule has 1 heterocycles. The number of thioether (sulfide) groups is 1. The Morgan fingerprint density at radius 3 is 2.68 bits per heavy atom. The van der Waals surface area contributed by atoms with Crippen molar-refractivity contribution in [2.24, 2.45) is 5.92 Å². The molecule has 2 aromatic carbocycles. The Morgan fingerprint density at radius 2 is 1.97 bits per heavy atom. The average Bonchev–Trinajstić information content (AvgIpc) is 3.64. The summed E-state index contributed by atoms with van der Waals surface area (Å²) in [5.41, 5.74) is 1.12. The molecule has 1 fully saturated rings. The lowest BCUT2D eigenvalue weighted by molar-refractivity contribution is -0.131. The normalized spacial score (nSPS) is 13.9. The van der Waals surface area contributed by atoms with Crippen LogP contribution in [0, 0.1) is 11.7 Å². The number of allylic oxidation sites excluding steroid dienone is 1. The summed E-state index contributed by atoms with van der Waals surface area (Å²) in [6.45, 7) is 7.07. The summed E-state index contributed by atoms with van der Waals surface area (Å²) in [6.07, 6.45) is 4.08. The molecule has 3 aromatic rings. The third kappa shape index (κ3) is 6.05. The first-order valence-electron chi connectivity index (χ1n) is 11.4. The fraction of sp³-hybridized carbons (Fsp3) is 0.346. The van der Waals surface area contributed by atoms with Gasteiger partial charge in [-0.25, -0.2) is 4.39 Å². The Bertz CT molecular complexity index is 1120. The summed E-state index contributed by atoms with van der Waals surface area (Å²) < 4.78 is 21.3. The van der Waals surface area contributed by atoms with Crippen molar-refractivity contribution in [3.05, 3.63) is 84.5 Å². The molecule has 8 heteroatoms. The average molecular weight is 481 g/mol. The van der Waals surface area contributed by atoms with E-state index < -0.39 is 5.82 Å². The van der Waals surface area contributed by atoms with Crippen LogP contribution in [0.15, 0.2) is 72.4 Å². The molecule has 1 aromatic heterocycles. The first kappa shape index (κ1) is 24.0. The second-order valence-electron chi connectivity index (χ2n) is 8.39. The van der Waals surface area contributed by atoms with Gasteiger partial charge in [0.05, 0.1) is 5.75 Å². The molecule has 1 aliphatic carbocycles. The molecule has 0 N–H and O–H groups in total. The Balaban J connectivity index is 1.43. The van der Waals surface area contributed by atoms with E-state index in [9.17, 15) is 9.18 Å². The van der Waals surface area contributed by atoms with E-state index in [4.69, 9.17) is 4.74 Å². The number of nitrogens with zero attached hydrogens (tertiary/aromatic N) is 4. The van der Waals surface area contributed by atoms with Gasteiger partial charge < -0.3 is 9.64 Å². The molecule has 0 bridgehead atoms. The van der Waals surface area contributed by atoms with Gasteiger partial charge in [0, 0.05) is 19.1 Å². The molecule has 1 saturated carbocycles. The van der Waals surface area contributed by atoms with Crippen molar-refractivity contribution in [2.45, 2.75) is 50.7 Å². The Labute approximate surface area is 203 Å². The second-order valence-corrected chi connectivity index (χ2v) is 9.33. The lowest BCUT2D eigenvalue weighted by atomic mass is 10.1. The maximum atomic E-state index is 13.9. The van der Waals surface area contributed by atoms with Crippen LogP contribution in [-0.2, 0) is 24.5 Å². The highest BCUT2D eigenvalue weighted by atomic mass is 32.2. The summed E-state index contributed by atoms with van der Waals surface area (Å²) in [4.78, 5) is 15.3. The second kappa shape index (κ2) is 11.3. The number of para-hydroxylation sites is 1. The third-order valence-electron chi connectivity index (χ3n) is 5.94. The van der Waals surface area contributed by atoms with E-state index in [-0.39, 0.29) is 30.1 Å². The molecule has 0 saturated heterocycles. The maximum Gasteiger partial charge on any atom is 0.233 e. The lowest BCUT2D eigenvalue weighted by Gasteiger charge is -2.29. The van der Waals surface area contributed by atoms with E-state index >= 15 is 0 Å². The number of aromatic nitrogens is 3.